The van der Waals surface area contributed by atoms with Crippen molar-refractivity contribution in [1.29, 1.82) is 0 Å². The minimum Gasteiger partial charge on any atom is -0.497 e. The third-order valence-corrected chi connectivity index (χ3v) is 3.80. The number of nitrogens with zero attached hydrogens (tertiary/aromatic N) is 1. The molecular weight excluding hydrogens is 258 g/mol. The largest absolute Gasteiger partial charge is 0.497 e. The lowest BCUT2D eigenvalue weighted by Gasteiger charge is -2.37. The summed E-state index contributed by atoms with van der Waals surface area (Å²) < 4.78 is 10.5. The lowest BCUT2D eigenvalue weighted by molar-refractivity contribution is -0.787. The van der Waals surface area contributed by atoms with Gasteiger partial charge in [-0.15, -0.1) is 0 Å². The highest BCUT2D eigenvalue weighted by Gasteiger charge is 2.40. The van der Waals surface area contributed by atoms with Crippen LogP contribution in [0.5, 0.6) is 5.75 Å². The molecule has 5 nitrogen and oxygen atoms in total. The normalized spacial score (nSPS) is 26.3. The lowest BCUT2D eigenvalue weighted by atomic mass is 9.86. The van der Waals surface area contributed by atoms with Crippen LogP contribution in [0.2, 0.25) is 0 Å². The van der Waals surface area contributed by atoms with Crippen LogP contribution < -0.4 is 4.74 Å². The van der Waals surface area contributed by atoms with E-state index < -0.39 is 5.79 Å². The fourth-order valence-corrected chi connectivity index (χ4v) is 2.53. The molecule has 20 heavy (non-hydrogen) atoms. The van der Waals surface area contributed by atoms with Crippen molar-refractivity contribution < 1.29 is 19.2 Å². The topological polar surface area (TPSA) is 53.8 Å². The Morgan fingerprint density at radius 2 is 2.00 bits per heavy atom. The first-order valence-corrected chi connectivity index (χ1v) is 6.74. The van der Waals surface area contributed by atoms with Gasteiger partial charge in [0.05, 0.1) is 13.0 Å². The summed E-state index contributed by atoms with van der Waals surface area (Å²) in [5.41, 5.74) is 1.78. The first kappa shape index (κ1) is 14.7. The van der Waals surface area contributed by atoms with Crippen LogP contribution in [-0.4, -0.2) is 30.6 Å². The molecule has 5 heteroatoms. The van der Waals surface area contributed by atoms with Gasteiger partial charge in [-0.1, -0.05) is 19.1 Å². The average Bonchev–Trinajstić information content (AvgIpc) is 2.47. The first-order chi connectivity index (χ1) is 9.53. The Balaban J connectivity index is 2.37. The van der Waals surface area contributed by atoms with Crippen molar-refractivity contribution >= 4 is 5.71 Å². The Hall–Kier alpha value is -1.75. The van der Waals surface area contributed by atoms with Gasteiger partial charge in [0.15, 0.2) is 5.79 Å². The van der Waals surface area contributed by atoms with Crippen molar-refractivity contribution in [2.75, 3.05) is 14.2 Å². The molecule has 0 radical (unpaired) electrons. The van der Waals surface area contributed by atoms with E-state index in [-0.39, 0.29) is 5.92 Å². The van der Waals surface area contributed by atoms with Gasteiger partial charge < -0.3 is 14.3 Å². The van der Waals surface area contributed by atoms with E-state index in [0.717, 1.165) is 11.3 Å². The second kappa shape index (κ2) is 5.71. The fourth-order valence-electron chi connectivity index (χ4n) is 2.53. The summed E-state index contributed by atoms with van der Waals surface area (Å²) in [6, 6.07) is 7.76. The molecule has 1 aliphatic rings. The van der Waals surface area contributed by atoms with E-state index in [1.807, 2.05) is 31.2 Å². The molecule has 0 fully saturated rings. The van der Waals surface area contributed by atoms with Gasteiger partial charge in [-0.3, -0.25) is 5.21 Å². The van der Waals surface area contributed by atoms with Crippen LogP contribution in [0.25, 0.3) is 0 Å². The first-order valence-electron chi connectivity index (χ1n) is 6.74. The number of benzene rings is 1. The molecule has 1 aliphatic heterocycles. The monoisotopic (exact) mass is 279 g/mol. The lowest BCUT2D eigenvalue weighted by Crippen LogP contribution is -2.44. The van der Waals surface area contributed by atoms with Crippen molar-refractivity contribution in [2.24, 2.45) is 0 Å². The fraction of sp³-hybridized carbons (Fsp3) is 0.533. The highest BCUT2D eigenvalue weighted by molar-refractivity contribution is 5.86. The third-order valence-electron chi connectivity index (χ3n) is 3.80. The standard InChI is InChI=1S/C15H21NO4/c1-5-14-13(10-15(2,19-4)20-16(14)17)11-6-8-12(18-3)9-7-11/h6-9,13H,5,10H2,1-4H3/t13-,15-/m0/s1. The summed E-state index contributed by atoms with van der Waals surface area (Å²) in [5, 5.41) is 12.1. The summed E-state index contributed by atoms with van der Waals surface area (Å²) in [6.07, 6.45) is 1.25. The molecule has 0 bridgehead atoms. The molecule has 0 spiro atoms. The Kier molecular flexibility index (Phi) is 4.18. The van der Waals surface area contributed by atoms with E-state index in [0.29, 0.717) is 23.5 Å². The van der Waals surface area contributed by atoms with Crippen LogP contribution >= 0.6 is 0 Å². The van der Waals surface area contributed by atoms with Gasteiger partial charge in [-0.2, -0.15) is 0 Å². The predicted molar refractivity (Wildman–Crippen MR) is 75.8 cm³/mol. The Bertz CT molecular complexity index is 497. The van der Waals surface area contributed by atoms with Gasteiger partial charge in [-0.05, 0) is 24.6 Å². The molecule has 0 saturated carbocycles. The molecule has 2 atom stereocenters. The quantitative estimate of drug-likeness (QED) is 0.795. The minimum absolute atomic E-state index is 0.0119. The Labute approximate surface area is 119 Å². The summed E-state index contributed by atoms with van der Waals surface area (Å²) in [6.45, 7) is 3.73. The van der Waals surface area contributed by atoms with Crippen LogP contribution in [0.15, 0.2) is 24.3 Å². The highest BCUT2D eigenvalue weighted by Crippen LogP contribution is 2.35. The SMILES string of the molecule is CCC1=[N+]([O-])O[C@](C)(OC)C[C@H]1c1ccc(OC)cc1. The van der Waals surface area contributed by atoms with E-state index >= 15 is 0 Å². The molecule has 0 unspecified atom stereocenters. The highest BCUT2D eigenvalue weighted by atomic mass is 16.9. The molecule has 1 heterocycles. The van der Waals surface area contributed by atoms with Gasteiger partial charge in [0.25, 0.3) is 0 Å². The van der Waals surface area contributed by atoms with E-state index in [4.69, 9.17) is 14.3 Å². The van der Waals surface area contributed by atoms with Crippen molar-refractivity contribution in [3.8, 4) is 5.75 Å². The number of hydrogen-bond donors (Lipinski definition) is 0. The molecular formula is C15H21NO4. The predicted octanol–water partition coefficient (Wildman–Crippen LogP) is 2.84. The zero-order valence-corrected chi connectivity index (χ0v) is 12.4. The molecule has 0 aliphatic carbocycles. The number of ether oxygens (including phenoxy) is 2. The summed E-state index contributed by atoms with van der Waals surface area (Å²) >= 11 is 0. The summed E-state index contributed by atoms with van der Waals surface area (Å²) in [4.78, 5) is 5.93. The van der Waals surface area contributed by atoms with E-state index in [1.54, 1.807) is 21.1 Å². The van der Waals surface area contributed by atoms with E-state index in [1.165, 1.54) is 0 Å². The number of rotatable bonds is 4. The van der Waals surface area contributed by atoms with Crippen LogP contribution in [-0.2, 0) is 9.57 Å². The second-order valence-electron chi connectivity index (χ2n) is 5.06. The summed E-state index contributed by atoms with van der Waals surface area (Å²) in [7, 11) is 3.18. The van der Waals surface area contributed by atoms with Gasteiger partial charge in [0, 0.05) is 24.9 Å². The van der Waals surface area contributed by atoms with Crippen molar-refractivity contribution in [1.82, 2.24) is 0 Å². The maximum absolute atomic E-state index is 12.1. The van der Waals surface area contributed by atoms with Gasteiger partial charge in [0.2, 0.25) is 5.71 Å². The van der Waals surface area contributed by atoms with Gasteiger partial charge in [0.1, 0.15) is 5.75 Å². The van der Waals surface area contributed by atoms with E-state index in [9.17, 15) is 5.21 Å². The third kappa shape index (κ3) is 2.72. The van der Waals surface area contributed by atoms with Crippen LogP contribution in [0, 0.1) is 5.21 Å². The van der Waals surface area contributed by atoms with Crippen molar-refractivity contribution in [3.05, 3.63) is 35.0 Å². The molecule has 0 saturated heterocycles. The van der Waals surface area contributed by atoms with Crippen LogP contribution in [0.4, 0.5) is 0 Å². The zero-order valence-electron chi connectivity index (χ0n) is 12.4. The molecule has 2 rings (SSSR count). The zero-order chi connectivity index (χ0) is 14.8. The number of hydrogen-bond acceptors (Lipinski definition) is 4. The molecule has 0 N–H and O–H groups in total. The van der Waals surface area contributed by atoms with Gasteiger partial charge >= 0.3 is 0 Å². The second-order valence-corrected chi connectivity index (χ2v) is 5.06. The Morgan fingerprint density at radius 3 is 2.50 bits per heavy atom. The average molecular weight is 279 g/mol. The van der Waals surface area contributed by atoms with E-state index in [2.05, 4.69) is 0 Å². The molecule has 0 aromatic heterocycles. The minimum atomic E-state index is -0.898. The smallest absolute Gasteiger partial charge is 0.229 e. The molecule has 1 aromatic rings. The van der Waals surface area contributed by atoms with Crippen LogP contribution in [0.1, 0.15) is 38.2 Å². The van der Waals surface area contributed by atoms with Crippen molar-refractivity contribution in [2.45, 2.75) is 38.4 Å². The molecule has 1 aromatic carbocycles. The number of methoxy groups -OCH3 is 2. The Morgan fingerprint density at radius 1 is 1.35 bits per heavy atom. The summed E-state index contributed by atoms with van der Waals surface area (Å²) in [5.74, 6) is -0.111. The van der Waals surface area contributed by atoms with Crippen molar-refractivity contribution in [3.63, 3.8) is 0 Å². The van der Waals surface area contributed by atoms with Crippen LogP contribution in [0.3, 0.4) is 0 Å². The molecule has 110 valence electrons. The molecule has 0 amide bonds. The maximum atomic E-state index is 12.1. The van der Waals surface area contributed by atoms with Gasteiger partial charge in [-0.25, -0.2) is 0 Å². The maximum Gasteiger partial charge on any atom is 0.229 e.